The molecule has 0 bridgehead atoms. The number of carbonyl (C=O) groups is 2. The van der Waals surface area contributed by atoms with E-state index in [4.69, 9.17) is 20.8 Å². The molecule has 0 amide bonds. The predicted octanol–water partition coefficient (Wildman–Crippen LogP) is 3.25. The lowest BCUT2D eigenvalue weighted by atomic mass is 9.48. The van der Waals surface area contributed by atoms with Crippen molar-refractivity contribution in [3.05, 3.63) is 24.2 Å². The molecular weight excluding hydrogens is 356 g/mol. The highest BCUT2D eigenvalue weighted by Gasteiger charge is 2.93. The molecule has 6 heteroatoms. The summed E-state index contributed by atoms with van der Waals surface area (Å²) in [4.78, 5) is 26.3. The Morgan fingerprint density at radius 3 is 2.62 bits per heavy atom. The van der Waals surface area contributed by atoms with Crippen LogP contribution in [0.2, 0.25) is 0 Å². The Morgan fingerprint density at radius 2 is 1.96 bits per heavy atom. The molecule has 1 aliphatic heterocycles. The fourth-order valence-electron chi connectivity index (χ4n) is 6.98. The number of Topliss-reactive ketones (excluding diaryl/α,β-unsaturated/α-hetero) is 1. The second-order valence-corrected chi connectivity index (χ2v) is 9.74. The summed E-state index contributed by atoms with van der Waals surface area (Å²) < 4.78 is 10.8. The van der Waals surface area contributed by atoms with Gasteiger partial charge in [-0.15, -0.1) is 11.6 Å². The van der Waals surface area contributed by atoms with Crippen molar-refractivity contribution in [2.24, 2.45) is 28.1 Å². The van der Waals surface area contributed by atoms with Gasteiger partial charge >= 0.3 is 5.97 Å². The molecular formula is C20H23ClO5. The Balaban J connectivity index is 1.65. The van der Waals surface area contributed by atoms with Gasteiger partial charge in [-0.25, -0.2) is 0 Å². The van der Waals surface area contributed by atoms with Crippen LogP contribution in [0.5, 0.6) is 0 Å². The van der Waals surface area contributed by atoms with E-state index in [0.717, 1.165) is 12.0 Å². The average molecular weight is 379 g/mol. The van der Waals surface area contributed by atoms with Crippen molar-refractivity contribution in [2.75, 3.05) is 0 Å². The number of furan rings is 1. The number of alkyl halides is 1. The SMILES string of the molecule is CC1(O)C(Cl)CCC2C1(C)CC(=O)C13C(=O)OC(c4ccoc4)C1C23C. The zero-order chi connectivity index (χ0) is 18.7. The summed E-state index contributed by atoms with van der Waals surface area (Å²) in [6.45, 7) is 5.75. The number of fused-ring (bicyclic) bond motifs is 3. The summed E-state index contributed by atoms with van der Waals surface area (Å²) >= 11 is 6.46. The number of ketones is 1. The van der Waals surface area contributed by atoms with Crippen LogP contribution >= 0.6 is 11.6 Å². The fourth-order valence-corrected chi connectivity index (χ4v) is 7.35. The standard InChI is InChI=1S/C20H23ClO5/c1-17-8-13(22)20-15(14(26-16(20)23)10-6-7-25-9-10)18(20,2)11(17)4-5-12(21)19(17,3)24/h6-7,9,11-12,14-15,24H,4-5,8H2,1-3H3. The maximum atomic E-state index is 13.3. The first-order chi connectivity index (χ1) is 12.1. The molecule has 4 aliphatic rings. The molecule has 5 rings (SSSR count). The smallest absolute Gasteiger partial charge is 0.321 e. The molecule has 1 spiro atoms. The third-order valence-corrected chi connectivity index (χ3v) is 9.19. The van der Waals surface area contributed by atoms with E-state index < -0.39 is 39.3 Å². The number of ether oxygens (including phenoxy) is 1. The van der Waals surface area contributed by atoms with Gasteiger partial charge in [0.25, 0.3) is 0 Å². The van der Waals surface area contributed by atoms with Gasteiger partial charge in [-0.2, -0.15) is 0 Å². The first-order valence-electron chi connectivity index (χ1n) is 9.26. The minimum atomic E-state index is -1.16. The van der Waals surface area contributed by atoms with E-state index in [1.807, 2.05) is 13.8 Å². The van der Waals surface area contributed by atoms with E-state index in [-0.39, 0.29) is 24.0 Å². The lowest BCUT2D eigenvalue weighted by Crippen LogP contribution is -2.63. The molecule has 1 aromatic heterocycles. The fraction of sp³-hybridized carbons (Fsp3) is 0.700. The summed E-state index contributed by atoms with van der Waals surface area (Å²) in [5, 5.41) is 10.8. The molecule has 8 atom stereocenters. The molecule has 8 unspecified atom stereocenters. The normalized spacial score (nSPS) is 55.0. The number of carbonyl (C=O) groups excluding carboxylic acids is 2. The summed E-state index contributed by atoms with van der Waals surface area (Å²) in [6.07, 6.45) is 4.31. The maximum absolute atomic E-state index is 13.3. The molecule has 3 saturated carbocycles. The quantitative estimate of drug-likeness (QED) is 0.461. The van der Waals surface area contributed by atoms with Gasteiger partial charge in [0.15, 0.2) is 5.78 Å². The number of hydrogen-bond acceptors (Lipinski definition) is 5. The van der Waals surface area contributed by atoms with Crippen LogP contribution in [0.15, 0.2) is 23.0 Å². The third kappa shape index (κ3) is 1.45. The summed E-state index contributed by atoms with van der Waals surface area (Å²) in [5.41, 5.74) is -2.61. The molecule has 3 aliphatic carbocycles. The van der Waals surface area contributed by atoms with Gasteiger partial charge in [-0.3, -0.25) is 9.59 Å². The highest BCUT2D eigenvalue weighted by molar-refractivity contribution is 6.21. The van der Waals surface area contributed by atoms with E-state index in [1.54, 1.807) is 25.5 Å². The molecule has 0 radical (unpaired) electrons. The molecule has 4 fully saturated rings. The van der Waals surface area contributed by atoms with Crippen molar-refractivity contribution < 1.29 is 23.8 Å². The Labute approximate surface area is 157 Å². The van der Waals surface area contributed by atoms with Crippen molar-refractivity contribution in [3.8, 4) is 0 Å². The molecule has 2 heterocycles. The van der Waals surface area contributed by atoms with Gasteiger partial charge in [0.1, 0.15) is 11.5 Å². The summed E-state index contributed by atoms with van der Waals surface area (Å²) in [5.74, 6) is -0.686. The second kappa shape index (κ2) is 4.56. The number of hydrogen-bond donors (Lipinski definition) is 1. The number of rotatable bonds is 1. The van der Waals surface area contributed by atoms with Crippen molar-refractivity contribution in [1.82, 2.24) is 0 Å². The molecule has 1 aromatic rings. The van der Waals surface area contributed by atoms with Gasteiger partial charge < -0.3 is 14.3 Å². The molecule has 140 valence electrons. The second-order valence-electron chi connectivity index (χ2n) is 9.21. The molecule has 1 N–H and O–H groups in total. The topological polar surface area (TPSA) is 76.7 Å². The highest BCUT2D eigenvalue weighted by Crippen LogP contribution is 2.86. The summed E-state index contributed by atoms with van der Waals surface area (Å²) in [6, 6.07) is 1.79. The van der Waals surface area contributed by atoms with Crippen LogP contribution in [0.3, 0.4) is 0 Å². The van der Waals surface area contributed by atoms with Crippen LogP contribution in [0.1, 0.15) is 51.7 Å². The minimum absolute atomic E-state index is 0.0324. The molecule has 5 nitrogen and oxygen atoms in total. The third-order valence-electron chi connectivity index (χ3n) is 8.54. The van der Waals surface area contributed by atoms with E-state index in [2.05, 4.69) is 0 Å². The first kappa shape index (κ1) is 16.8. The van der Waals surface area contributed by atoms with Gasteiger partial charge in [-0.1, -0.05) is 13.8 Å². The minimum Gasteiger partial charge on any atom is -0.472 e. The lowest BCUT2D eigenvalue weighted by molar-refractivity contribution is -0.185. The number of cyclic esters (lactones) is 1. The molecule has 0 aromatic carbocycles. The van der Waals surface area contributed by atoms with Crippen LogP contribution < -0.4 is 0 Å². The van der Waals surface area contributed by atoms with Crippen molar-refractivity contribution in [1.29, 1.82) is 0 Å². The largest absolute Gasteiger partial charge is 0.472 e. The maximum Gasteiger partial charge on any atom is 0.321 e. The van der Waals surface area contributed by atoms with Crippen LogP contribution in [-0.2, 0) is 14.3 Å². The van der Waals surface area contributed by atoms with Gasteiger partial charge in [0.05, 0.1) is 23.5 Å². The van der Waals surface area contributed by atoms with E-state index in [0.29, 0.717) is 6.42 Å². The zero-order valence-electron chi connectivity index (χ0n) is 15.1. The predicted molar refractivity (Wildman–Crippen MR) is 92.3 cm³/mol. The van der Waals surface area contributed by atoms with Crippen LogP contribution in [0.4, 0.5) is 0 Å². The number of aliphatic hydroxyl groups is 1. The molecule has 26 heavy (non-hydrogen) atoms. The summed E-state index contributed by atoms with van der Waals surface area (Å²) in [7, 11) is 0. The zero-order valence-corrected chi connectivity index (χ0v) is 15.9. The highest BCUT2D eigenvalue weighted by atomic mass is 35.5. The van der Waals surface area contributed by atoms with E-state index in [1.165, 1.54) is 0 Å². The van der Waals surface area contributed by atoms with Crippen LogP contribution in [0.25, 0.3) is 0 Å². The Bertz CT molecular complexity index is 816. The number of halogens is 1. The lowest BCUT2D eigenvalue weighted by Gasteiger charge is -2.58. The molecule has 1 saturated heterocycles. The van der Waals surface area contributed by atoms with Crippen LogP contribution in [-0.4, -0.2) is 27.8 Å². The Hall–Kier alpha value is -1.33. The monoisotopic (exact) mass is 378 g/mol. The number of esters is 1. The van der Waals surface area contributed by atoms with E-state index >= 15 is 0 Å². The Morgan fingerprint density at radius 1 is 1.23 bits per heavy atom. The van der Waals surface area contributed by atoms with Crippen molar-refractivity contribution in [3.63, 3.8) is 0 Å². The van der Waals surface area contributed by atoms with Gasteiger partial charge in [0.2, 0.25) is 0 Å². The van der Waals surface area contributed by atoms with Gasteiger partial charge in [-0.05, 0) is 31.7 Å². The first-order valence-corrected chi connectivity index (χ1v) is 9.70. The van der Waals surface area contributed by atoms with Gasteiger partial charge in [0, 0.05) is 28.7 Å². The van der Waals surface area contributed by atoms with Crippen molar-refractivity contribution >= 4 is 23.4 Å². The van der Waals surface area contributed by atoms with Crippen molar-refractivity contribution in [2.45, 2.75) is 57.1 Å². The average Bonchev–Trinajstić information content (AvgIpc) is 2.93. The van der Waals surface area contributed by atoms with E-state index in [9.17, 15) is 14.7 Å². The Kier molecular flexibility index (Phi) is 2.95. The van der Waals surface area contributed by atoms with Crippen LogP contribution in [0, 0.1) is 28.1 Å².